The van der Waals surface area contributed by atoms with Crippen molar-refractivity contribution >= 4 is 0 Å². The van der Waals surface area contributed by atoms with Crippen LogP contribution in [0.4, 0.5) is 8.78 Å². The number of rotatable bonds is 11. The van der Waals surface area contributed by atoms with Crippen molar-refractivity contribution in [1.29, 1.82) is 0 Å². The molecular weight excluding hydrogens is 438 g/mol. The highest BCUT2D eigenvalue weighted by Gasteiger charge is 2.37. The number of hydrogen-bond acceptors (Lipinski definition) is 1. The Balaban J connectivity index is 1.18. The molecule has 1 aromatic rings. The molecule has 3 fully saturated rings. The first-order valence-electron chi connectivity index (χ1n) is 15.2. The molecule has 3 heteroatoms. The van der Waals surface area contributed by atoms with Gasteiger partial charge in [0, 0.05) is 0 Å². The van der Waals surface area contributed by atoms with E-state index in [-0.39, 0.29) is 11.7 Å². The fraction of sp³-hybridized carbons (Fsp3) is 0.812. The van der Waals surface area contributed by atoms with Crippen LogP contribution in [0.2, 0.25) is 0 Å². The van der Waals surface area contributed by atoms with Gasteiger partial charge in [-0.05, 0) is 86.2 Å². The fourth-order valence-corrected chi connectivity index (χ4v) is 7.80. The van der Waals surface area contributed by atoms with Crippen LogP contribution in [0.15, 0.2) is 12.1 Å². The van der Waals surface area contributed by atoms with Crippen LogP contribution in [0.1, 0.15) is 134 Å². The third-order valence-corrected chi connectivity index (χ3v) is 9.95. The summed E-state index contributed by atoms with van der Waals surface area (Å²) in [5, 5.41) is 0. The third-order valence-electron chi connectivity index (χ3n) is 9.95. The van der Waals surface area contributed by atoms with E-state index < -0.39 is 11.6 Å². The lowest BCUT2D eigenvalue weighted by atomic mass is 9.63. The Labute approximate surface area is 213 Å². The molecule has 1 nitrogen and oxygen atoms in total. The molecule has 4 unspecified atom stereocenters. The van der Waals surface area contributed by atoms with Crippen molar-refractivity contribution in [2.75, 3.05) is 6.61 Å². The van der Waals surface area contributed by atoms with E-state index in [2.05, 4.69) is 6.92 Å². The minimum absolute atomic E-state index is 0.0448. The van der Waals surface area contributed by atoms with E-state index in [1.165, 1.54) is 96.3 Å². The number of halogens is 2. The second kappa shape index (κ2) is 13.4. The van der Waals surface area contributed by atoms with Crippen LogP contribution in [0.3, 0.4) is 0 Å². The first-order valence-corrected chi connectivity index (χ1v) is 15.2. The largest absolute Gasteiger partial charge is 0.491 e. The van der Waals surface area contributed by atoms with Crippen molar-refractivity contribution in [3.63, 3.8) is 0 Å². The number of benzene rings is 1. The summed E-state index contributed by atoms with van der Waals surface area (Å²) in [7, 11) is 0. The number of fused-ring (bicyclic) bond motifs is 1. The van der Waals surface area contributed by atoms with E-state index in [0.717, 1.165) is 36.5 Å². The quantitative estimate of drug-likeness (QED) is 0.281. The van der Waals surface area contributed by atoms with Crippen molar-refractivity contribution in [2.45, 2.75) is 129 Å². The molecule has 0 saturated heterocycles. The molecule has 0 heterocycles. The Hall–Kier alpha value is -1.12. The average molecular weight is 489 g/mol. The summed E-state index contributed by atoms with van der Waals surface area (Å²) in [5.74, 6) is 3.12. The van der Waals surface area contributed by atoms with Gasteiger partial charge in [0.2, 0.25) is 5.82 Å². The molecule has 3 aliphatic carbocycles. The highest BCUT2D eigenvalue weighted by molar-refractivity contribution is 5.33. The van der Waals surface area contributed by atoms with Crippen molar-refractivity contribution in [1.82, 2.24) is 0 Å². The van der Waals surface area contributed by atoms with Crippen molar-refractivity contribution in [3.05, 3.63) is 29.3 Å². The van der Waals surface area contributed by atoms with Gasteiger partial charge in [-0.15, -0.1) is 0 Å². The summed E-state index contributed by atoms with van der Waals surface area (Å²) in [6, 6.07) is 3.40. The molecule has 1 aromatic carbocycles. The molecule has 0 spiro atoms. The molecule has 0 radical (unpaired) electrons. The van der Waals surface area contributed by atoms with Crippen molar-refractivity contribution in [2.24, 2.45) is 29.6 Å². The summed E-state index contributed by atoms with van der Waals surface area (Å²) in [4.78, 5) is 0. The average Bonchev–Trinajstić information content (AvgIpc) is 2.88. The zero-order chi connectivity index (χ0) is 24.6. The minimum atomic E-state index is -0.805. The topological polar surface area (TPSA) is 9.23 Å². The number of unbranched alkanes of at least 4 members (excludes halogenated alkanes) is 3. The zero-order valence-electron chi connectivity index (χ0n) is 22.5. The van der Waals surface area contributed by atoms with Gasteiger partial charge in [0.15, 0.2) is 11.6 Å². The summed E-state index contributed by atoms with van der Waals surface area (Å²) in [6.45, 7) is 4.45. The fourth-order valence-electron chi connectivity index (χ4n) is 7.80. The van der Waals surface area contributed by atoms with E-state index in [9.17, 15) is 8.78 Å². The Morgan fingerprint density at radius 2 is 1.34 bits per heavy atom. The van der Waals surface area contributed by atoms with Gasteiger partial charge in [0.05, 0.1) is 6.61 Å². The number of hydrogen-bond donors (Lipinski definition) is 0. The van der Waals surface area contributed by atoms with Gasteiger partial charge in [-0.2, -0.15) is 4.39 Å². The molecule has 0 bridgehead atoms. The van der Waals surface area contributed by atoms with E-state index in [4.69, 9.17) is 4.74 Å². The molecule has 0 aliphatic heterocycles. The second-order valence-corrected chi connectivity index (χ2v) is 12.2. The van der Waals surface area contributed by atoms with E-state index in [1.54, 1.807) is 19.1 Å². The van der Waals surface area contributed by atoms with Crippen LogP contribution in [-0.2, 0) is 0 Å². The molecule has 198 valence electrons. The first-order chi connectivity index (χ1) is 17.1. The van der Waals surface area contributed by atoms with Crippen molar-refractivity contribution in [3.8, 4) is 5.75 Å². The molecule has 4 atom stereocenters. The van der Waals surface area contributed by atoms with Crippen LogP contribution in [0, 0.1) is 41.2 Å². The van der Waals surface area contributed by atoms with Crippen LogP contribution < -0.4 is 4.74 Å². The van der Waals surface area contributed by atoms with Crippen LogP contribution in [0.25, 0.3) is 0 Å². The maximum atomic E-state index is 14.8. The normalized spacial score (nSPS) is 31.2. The van der Waals surface area contributed by atoms with Gasteiger partial charge in [-0.25, -0.2) is 4.39 Å². The summed E-state index contributed by atoms with van der Waals surface area (Å²) in [5.41, 5.74) is 0.576. The van der Waals surface area contributed by atoms with Crippen LogP contribution in [0.5, 0.6) is 5.75 Å². The Morgan fingerprint density at radius 3 is 2.09 bits per heavy atom. The Bertz CT molecular complexity index is 769. The van der Waals surface area contributed by atoms with Gasteiger partial charge >= 0.3 is 0 Å². The molecule has 4 rings (SSSR count). The highest BCUT2D eigenvalue weighted by atomic mass is 19.2. The Morgan fingerprint density at radius 1 is 0.686 bits per heavy atom. The third kappa shape index (κ3) is 7.22. The smallest absolute Gasteiger partial charge is 0.200 e. The van der Waals surface area contributed by atoms with E-state index in [0.29, 0.717) is 18.1 Å². The predicted molar refractivity (Wildman–Crippen MR) is 142 cm³/mol. The Kier molecular flexibility index (Phi) is 10.3. The zero-order valence-corrected chi connectivity index (χ0v) is 22.5. The van der Waals surface area contributed by atoms with Crippen LogP contribution in [-0.4, -0.2) is 6.61 Å². The van der Waals surface area contributed by atoms with Crippen LogP contribution >= 0.6 is 0 Å². The second-order valence-electron chi connectivity index (χ2n) is 12.2. The van der Waals surface area contributed by atoms with Gasteiger partial charge in [-0.3, -0.25) is 0 Å². The molecule has 35 heavy (non-hydrogen) atoms. The lowest BCUT2D eigenvalue weighted by Crippen LogP contribution is -2.31. The molecule has 3 saturated carbocycles. The summed E-state index contributed by atoms with van der Waals surface area (Å²) >= 11 is 0. The maximum Gasteiger partial charge on any atom is 0.200 e. The molecule has 0 amide bonds. The molecule has 0 aromatic heterocycles. The van der Waals surface area contributed by atoms with E-state index >= 15 is 0 Å². The van der Waals surface area contributed by atoms with Gasteiger partial charge < -0.3 is 4.74 Å². The minimum Gasteiger partial charge on any atom is -0.491 e. The first kappa shape index (κ1) is 26.9. The standard InChI is InChI=1S/C32H50F2O/c1-3-5-6-7-8-23-9-11-24(12-10-23)13-14-25-15-16-27-22-28(18-17-26(27)21-25)29-19-20-30(35-4-2)32(34)31(29)33/h19-20,23-28H,3-18,21-22H2,1-2H3. The SMILES string of the molecule is CCCCCCC1CCC(CCC2CCC3CC(c4ccc(OCC)c(F)c4F)CCC3C2)CC1. The van der Waals surface area contributed by atoms with Gasteiger partial charge in [0.25, 0.3) is 0 Å². The molecule has 3 aliphatic rings. The monoisotopic (exact) mass is 488 g/mol. The summed E-state index contributed by atoms with van der Waals surface area (Å²) in [6.07, 6.45) is 23.2. The van der Waals surface area contributed by atoms with Crippen molar-refractivity contribution < 1.29 is 13.5 Å². The molecule has 0 N–H and O–H groups in total. The van der Waals surface area contributed by atoms with Gasteiger partial charge in [0.1, 0.15) is 0 Å². The molecular formula is C32H50F2O. The van der Waals surface area contributed by atoms with E-state index in [1.807, 2.05) is 0 Å². The lowest BCUT2D eigenvalue weighted by molar-refractivity contribution is 0.107. The number of ether oxygens (including phenoxy) is 1. The maximum absolute atomic E-state index is 14.8. The summed E-state index contributed by atoms with van der Waals surface area (Å²) < 4.78 is 34.5. The highest BCUT2D eigenvalue weighted by Crippen LogP contribution is 2.49. The van der Waals surface area contributed by atoms with Gasteiger partial charge in [-0.1, -0.05) is 90.0 Å². The lowest BCUT2D eigenvalue weighted by Gasteiger charge is -2.43. The predicted octanol–water partition coefficient (Wildman–Crippen LogP) is 10.2.